The van der Waals surface area contributed by atoms with Gasteiger partial charge in [0.05, 0.1) is 6.61 Å². The molecule has 4 nitrogen and oxygen atoms in total. The van der Waals surface area contributed by atoms with E-state index in [-0.39, 0.29) is 31.3 Å². The van der Waals surface area contributed by atoms with Crippen LogP contribution in [0.1, 0.15) is 19.8 Å². The molecule has 1 heterocycles. The van der Waals surface area contributed by atoms with Crippen molar-refractivity contribution < 1.29 is 14.4 Å². The van der Waals surface area contributed by atoms with Crippen LogP contribution in [0.3, 0.4) is 0 Å². The molecule has 0 N–H and O–H groups in total. The Balaban J connectivity index is 2.45. The van der Waals surface area contributed by atoms with E-state index in [4.69, 9.17) is 4.84 Å². The summed E-state index contributed by atoms with van der Waals surface area (Å²) in [5.74, 6) is -0.525. The van der Waals surface area contributed by atoms with Crippen molar-refractivity contribution in [3.8, 4) is 0 Å². The second-order valence-corrected chi connectivity index (χ2v) is 2.81. The Morgan fingerprint density at radius 1 is 1.50 bits per heavy atom. The van der Waals surface area contributed by atoms with Crippen LogP contribution in [0.5, 0.6) is 0 Å². The maximum atomic E-state index is 10.9. The Morgan fingerprint density at radius 3 is 2.42 bits per heavy atom. The standard InChI is InChI=1S/C8H11NO3/c1-6(2)5-12-9-7(10)3-4-8(9)11/h1,3-5H2,2H3. The fourth-order valence-corrected chi connectivity index (χ4v) is 0.875. The summed E-state index contributed by atoms with van der Waals surface area (Å²) in [6.45, 7) is 5.58. The Kier molecular flexibility index (Phi) is 2.60. The minimum Gasteiger partial charge on any atom is -0.272 e. The minimum atomic E-state index is -0.263. The zero-order valence-corrected chi connectivity index (χ0v) is 7.00. The lowest BCUT2D eigenvalue weighted by molar-refractivity contribution is -0.184. The number of amides is 2. The Morgan fingerprint density at radius 2 is 2.00 bits per heavy atom. The molecule has 0 aromatic rings. The average Bonchev–Trinajstić information content (AvgIpc) is 2.28. The van der Waals surface area contributed by atoms with Gasteiger partial charge in [0, 0.05) is 12.8 Å². The van der Waals surface area contributed by atoms with Gasteiger partial charge >= 0.3 is 0 Å². The van der Waals surface area contributed by atoms with Crippen molar-refractivity contribution in [1.29, 1.82) is 0 Å². The van der Waals surface area contributed by atoms with E-state index in [0.717, 1.165) is 10.6 Å². The Bertz CT molecular complexity index is 218. The monoisotopic (exact) mass is 169 g/mol. The molecule has 1 rings (SSSR count). The number of carbonyl (C=O) groups is 2. The molecule has 1 aliphatic heterocycles. The third kappa shape index (κ3) is 1.92. The third-order valence-electron chi connectivity index (χ3n) is 1.45. The minimum absolute atomic E-state index is 0.220. The van der Waals surface area contributed by atoms with Gasteiger partial charge in [-0.25, -0.2) is 0 Å². The van der Waals surface area contributed by atoms with E-state index in [9.17, 15) is 9.59 Å². The van der Waals surface area contributed by atoms with Crippen LogP contribution in [0.4, 0.5) is 0 Å². The first-order valence-electron chi connectivity index (χ1n) is 3.74. The molecule has 0 radical (unpaired) electrons. The predicted octanol–water partition coefficient (Wildman–Crippen LogP) is 0.643. The molecular formula is C8H11NO3. The number of hydrogen-bond donors (Lipinski definition) is 0. The number of carbonyl (C=O) groups excluding carboxylic acids is 2. The third-order valence-corrected chi connectivity index (χ3v) is 1.45. The summed E-state index contributed by atoms with van der Waals surface area (Å²) in [5.41, 5.74) is 0.780. The summed E-state index contributed by atoms with van der Waals surface area (Å²) in [5, 5.41) is 0.828. The van der Waals surface area contributed by atoms with Gasteiger partial charge in [-0.3, -0.25) is 14.4 Å². The zero-order valence-electron chi connectivity index (χ0n) is 7.00. The molecule has 2 amide bonds. The van der Waals surface area contributed by atoms with Crippen molar-refractivity contribution >= 4 is 11.8 Å². The van der Waals surface area contributed by atoms with E-state index in [1.165, 1.54) is 0 Å². The average molecular weight is 169 g/mol. The summed E-state index contributed by atoms with van der Waals surface area (Å²) in [4.78, 5) is 26.8. The van der Waals surface area contributed by atoms with E-state index >= 15 is 0 Å². The van der Waals surface area contributed by atoms with Gasteiger partial charge in [-0.15, -0.1) is 0 Å². The lowest BCUT2D eigenvalue weighted by Gasteiger charge is -2.12. The molecule has 12 heavy (non-hydrogen) atoms. The maximum absolute atomic E-state index is 10.9. The topological polar surface area (TPSA) is 46.6 Å². The summed E-state index contributed by atoms with van der Waals surface area (Å²) in [6, 6.07) is 0. The number of hydroxylamine groups is 2. The van der Waals surface area contributed by atoms with Crippen LogP contribution in [0.2, 0.25) is 0 Å². The molecule has 0 saturated carbocycles. The van der Waals surface area contributed by atoms with Crippen molar-refractivity contribution in [2.24, 2.45) is 0 Å². The predicted molar refractivity (Wildman–Crippen MR) is 41.9 cm³/mol. The SMILES string of the molecule is C=C(C)CON1C(=O)CCC1=O. The molecule has 4 heteroatoms. The molecular weight excluding hydrogens is 158 g/mol. The van der Waals surface area contributed by atoms with Crippen molar-refractivity contribution in [3.63, 3.8) is 0 Å². The smallest absolute Gasteiger partial charge is 0.254 e. The molecule has 1 fully saturated rings. The van der Waals surface area contributed by atoms with Crippen LogP contribution in [0, 0.1) is 0 Å². The molecule has 0 aromatic carbocycles. The van der Waals surface area contributed by atoms with Crippen LogP contribution in [0.25, 0.3) is 0 Å². The van der Waals surface area contributed by atoms with Gasteiger partial charge in [0.15, 0.2) is 0 Å². The first-order valence-corrected chi connectivity index (χ1v) is 3.74. The van der Waals surface area contributed by atoms with E-state index < -0.39 is 0 Å². The highest BCUT2D eigenvalue weighted by Crippen LogP contribution is 2.12. The second kappa shape index (κ2) is 3.49. The molecule has 0 unspecified atom stereocenters. The molecule has 1 aliphatic rings. The summed E-state index contributed by atoms with van der Waals surface area (Å²) in [7, 11) is 0. The van der Waals surface area contributed by atoms with Crippen molar-refractivity contribution in [2.75, 3.05) is 6.61 Å². The Labute approximate surface area is 70.7 Å². The van der Waals surface area contributed by atoms with Gasteiger partial charge in [-0.05, 0) is 6.92 Å². The van der Waals surface area contributed by atoms with Crippen molar-refractivity contribution in [3.05, 3.63) is 12.2 Å². The normalized spacial score (nSPS) is 17.2. The maximum Gasteiger partial charge on any atom is 0.254 e. The molecule has 0 bridgehead atoms. The van der Waals surface area contributed by atoms with E-state index in [0.29, 0.717) is 0 Å². The highest BCUT2D eigenvalue weighted by Gasteiger charge is 2.29. The van der Waals surface area contributed by atoms with Gasteiger partial charge in [0.1, 0.15) is 0 Å². The Hall–Kier alpha value is -1.16. The van der Waals surface area contributed by atoms with Crippen LogP contribution < -0.4 is 0 Å². The van der Waals surface area contributed by atoms with Crippen molar-refractivity contribution in [2.45, 2.75) is 19.8 Å². The van der Waals surface area contributed by atoms with Gasteiger partial charge in [-0.1, -0.05) is 12.2 Å². The van der Waals surface area contributed by atoms with Crippen LogP contribution >= 0.6 is 0 Å². The first kappa shape index (κ1) is 8.93. The van der Waals surface area contributed by atoms with E-state index in [2.05, 4.69) is 6.58 Å². The zero-order chi connectivity index (χ0) is 9.14. The first-order chi connectivity index (χ1) is 5.61. The lowest BCUT2D eigenvalue weighted by Crippen LogP contribution is -2.29. The van der Waals surface area contributed by atoms with E-state index in [1.807, 2.05) is 0 Å². The fourth-order valence-electron chi connectivity index (χ4n) is 0.875. The van der Waals surface area contributed by atoms with Gasteiger partial charge < -0.3 is 0 Å². The molecule has 0 atom stereocenters. The molecule has 0 aliphatic carbocycles. The van der Waals surface area contributed by atoms with Crippen LogP contribution in [-0.4, -0.2) is 23.5 Å². The quantitative estimate of drug-likeness (QED) is 0.460. The molecule has 0 aromatic heterocycles. The number of imide groups is 1. The summed E-state index contributed by atoms with van der Waals surface area (Å²) in [6.07, 6.45) is 0.518. The largest absolute Gasteiger partial charge is 0.272 e. The highest BCUT2D eigenvalue weighted by atomic mass is 16.7. The fraction of sp³-hybridized carbons (Fsp3) is 0.500. The van der Waals surface area contributed by atoms with E-state index in [1.54, 1.807) is 6.92 Å². The number of hydrogen-bond acceptors (Lipinski definition) is 3. The van der Waals surface area contributed by atoms with Gasteiger partial charge in [0.25, 0.3) is 11.8 Å². The van der Waals surface area contributed by atoms with Crippen molar-refractivity contribution in [1.82, 2.24) is 5.06 Å². The molecule has 66 valence electrons. The summed E-state index contributed by atoms with van der Waals surface area (Å²) >= 11 is 0. The van der Waals surface area contributed by atoms with Crippen LogP contribution in [-0.2, 0) is 14.4 Å². The van der Waals surface area contributed by atoms with Crippen LogP contribution in [0.15, 0.2) is 12.2 Å². The lowest BCUT2D eigenvalue weighted by atomic mass is 10.4. The second-order valence-electron chi connectivity index (χ2n) is 2.81. The summed E-state index contributed by atoms with van der Waals surface area (Å²) < 4.78 is 0. The highest BCUT2D eigenvalue weighted by molar-refractivity contribution is 6.00. The van der Waals surface area contributed by atoms with Gasteiger partial charge in [0.2, 0.25) is 0 Å². The number of rotatable bonds is 3. The molecule has 0 spiro atoms. The van der Waals surface area contributed by atoms with Gasteiger partial charge in [-0.2, -0.15) is 5.06 Å². The molecule has 1 saturated heterocycles. The number of nitrogens with zero attached hydrogens (tertiary/aromatic N) is 1.